The normalized spacial score (nSPS) is 13.4. The smallest absolute Gasteiger partial charge is 0.332 e. The number of ketones is 3. The largest absolute Gasteiger partial charge is 0.469 e. The summed E-state index contributed by atoms with van der Waals surface area (Å²) in [6.07, 6.45) is 10.6. The lowest BCUT2D eigenvalue weighted by Crippen LogP contribution is -2.28. The summed E-state index contributed by atoms with van der Waals surface area (Å²) in [4.78, 5) is 139. The van der Waals surface area contributed by atoms with Crippen LogP contribution in [0.5, 0.6) is 0 Å². The minimum Gasteiger partial charge on any atom is -0.469 e. The summed E-state index contributed by atoms with van der Waals surface area (Å²) in [5, 5.41) is 11.6. The van der Waals surface area contributed by atoms with Crippen LogP contribution in [0.15, 0.2) is 197 Å². The van der Waals surface area contributed by atoms with Gasteiger partial charge in [0.25, 0.3) is 0 Å². The van der Waals surface area contributed by atoms with E-state index < -0.39 is 41.0 Å². The zero-order chi connectivity index (χ0) is 82.8. The van der Waals surface area contributed by atoms with E-state index in [4.69, 9.17) is 33.5 Å². The number of unbranched alkanes of at least 4 members (excludes halogenated alkanes) is 1. The second kappa shape index (κ2) is 41.2. The van der Waals surface area contributed by atoms with Gasteiger partial charge in [-0.15, -0.1) is 0 Å². The molecule has 600 valence electrons. The molecule has 20 heteroatoms. The summed E-state index contributed by atoms with van der Waals surface area (Å²) in [7, 11) is 2.68. The van der Waals surface area contributed by atoms with E-state index in [2.05, 4.69) is 91.7 Å². The highest BCUT2D eigenvalue weighted by Crippen LogP contribution is 2.57. The molecule has 0 fully saturated rings. The predicted octanol–water partition coefficient (Wildman–Crippen LogP) is 19.3. The van der Waals surface area contributed by atoms with Crippen molar-refractivity contribution in [3.05, 3.63) is 249 Å². The maximum Gasteiger partial charge on any atom is 0.332 e. The zero-order valence-electron chi connectivity index (χ0n) is 67.7. The average molecular weight is 1560 g/mol. The first-order valence-corrected chi connectivity index (χ1v) is 39.6. The summed E-state index contributed by atoms with van der Waals surface area (Å²) in [6.45, 7) is 16.8. The maximum atomic E-state index is 13.9. The Morgan fingerprint density at radius 1 is 0.339 bits per heavy atom. The van der Waals surface area contributed by atoms with Crippen molar-refractivity contribution in [2.75, 3.05) is 20.8 Å². The van der Waals surface area contributed by atoms with Crippen LogP contribution in [-0.4, -0.2) is 97.1 Å². The number of Topliss-reactive ketones (excluding diaryl/α,β-unsaturated/α-hetero) is 3. The fourth-order valence-electron chi connectivity index (χ4n) is 16.2. The lowest BCUT2D eigenvalue weighted by atomic mass is 9.71. The SMILES string of the molecule is CCCC1(CCC)c2ccccc2-c2ccc(C(=O)/C(CCC(=O)OCc3ccccc3)=N/OC(C)=O)cc21.CCCCOC(=O)CC/C(=N\OC(C)=O)C(=O)c1ccc2c(c1)C(CCC)(CCC)c1ccccc1-2.COC(=O)CCC1(CCC(=O)OC)c2ccccc2-c2ccc(C(=O)/C(=N/OC(C)=O)c3ccccc3C)cc21. The number of carbonyl (C=O) groups excluding carboxylic acids is 10. The number of esters is 4. The van der Waals surface area contributed by atoms with E-state index in [1.807, 2.05) is 111 Å². The van der Waals surface area contributed by atoms with Crippen LogP contribution < -0.4 is 0 Å². The Labute approximate surface area is 673 Å². The lowest BCUT2D eigenvalue weighted by Gasteiger charge is -2.32. The summed E-state index contributed by atoms with van der Waals surface area (Å²) in [6, 6.07) is 58.4. The van der Waals surface area contributed by atoms with Crippen LogP contribution in [0, 0.1) is 6.92 Å². The van der Waals surface area contributed by atoms with E-state index in [1.54, 1.807) is 36.4 Å². The molecule has 0 radical (unpaired) electrons. The summed E-state index contributed by atoms with van der Waals surface area (Å²) in [5.74, 6) is -4.65. The molecule has 3 aliphatic carbocycles. The number of nitrogens with zero attached hydrogens (tertiary/aromatic N) is 3. The van der Waals surface area contributed by atoms with E-state index in [1.165, 1.54) is 57.2 Å². The van der Waals surface area contributed by atoms with Crippen molar-refractivity contribution < 1.29 is 81.4 Å². The highest BCUT2D eigenvalue weighted by atomic mass is 16.7. The van der Waals surface area contributed by atoms with Gasteiger partial charge in [-0.2, -0.15) is 0 Å². The van der Waals surface area contributed by atoms with Crippen LogP contribution >= 0.6 is 0 Å². The van der Waals surface area contributed by atoms with Gasteiger partial charge in [-0.1, -0.05) is 246 Å². The summed E-state index contributed by atoms with van der Waals surface area (Å²) >= 11 is 0. The van der Waals surface area contributed by atoms with Crippen molar-refractivity contribution in [3.63, 3.8) is 0 Å². The molecule has 0 aromatic heterocycles. The number of methoxy groups -OCH3 is 2. The molecule has 11 rings (SSSR count). The number of carbonyl (C=O) groups is 10. The Morgan fingerprint density at radius 3 is 1.09 bits per heavy atom. The lowest BCUT2D eigenvalue weighted by molar-refractivity contribution is -0.145. The Morgan fingerprint density at radius 2 is 0.696 bits per heavy atom. The molecule has 0 aliphatic heterocycles. The second-order valence-electron chi connectivity index (χ2n) is 29.1. The molecule has 0 spiro atoms. The van der Waals surface area contributed by atoms with E-state index in [0.29, 0.717) is 41.7 Å². The number of aryl methyl sites for hydroxylation is 1. The fraction of sp³-hybridized carbons (Fsp3) is 0.358. The van der Waals surface area contributed by atoms with Crippen molar-refractivity contribution in [3.8, 4) is 33.4 Å². The minimum atomic E-state index is -0.750. The molecule has 0 amide bonds. The Kier molecular flexibility index (Phi) is 31.2. The van der Waals surface area contributed by atoms with Crippen LogP contribution in [0.4, 0.5) is 0 Å². The molecule has 0 bridgehead atoms. The molecule has 8 aromatic rings. The number of benzene rings is 8. The molecule has 0 heterocycles. The van der Waals surface area contributed by atoms with Crippen molar-refractivity contribution in [2.45, 2.75) is 201 Å². The molecular formula is C95H103N3O17. The first-order chi connectivity index (χ1) is 55.5. The highest BCUT2D eigenvalue weighted by molar-refractivity contribution is 6.51. The topological polar surface area (TPSA) is 272 Å². The van der Waals surface area contributed by atoms with Gasteiger partial charge >= 0.3 is 41.8 Å². The van der Waals surface area contributed by atoms with Crippen LogP contribution in [0.25, 0.3) is 33.4 Å². The molecule has 8 aromatic carbocycles. The van der Waals surface area contributed by atoms with Gasteiger partial charge in [-0.05, 0) is 148 Å². The van der Waals surface area contributed by atoms with Crippen molar-refractivity contribution in [1.82, 2.24) is 0 Å². The predicted molar refractivity (Wildman–Crippen MR) is 442 cm³/mol. The second-order valence-corrected chi connectivity index (χ2v) is 29.1. The molecule has 115 heavy (non-hydrogen) atoms. The quantitative estimate of drug-likeness (QED) is 0.00679. The van der Waals surface area contributed by atoms with Gasteiger partial charge in [0.2, 0.25) is 17.3 Å². The first kappa shape index (κ1) is 87.0. The van der Waals surface area contributed by atoms with Crippen molar-refractivity contribution in [1.29, 1.82) is 0 Å². The van der Waals surface area contributed by atoms with E-state index in [0.717, 1.165) is 120 Å². The van der Waals surface area contributed by atoms with Crippen LogP contribution in [-0.2, 0) is 89.9 Å². The monoisotopic (exact) mass is 1560 g/mol. The number of rotatable bonds is 35. The van der Waals surface area contributed by atoms with Gasteiger partial charge in [0.1, 0.15) is 18.0 Å². The van der Waals surface area contributed by atoms with Gasteiger partial charge < -0.3 is 33.5 Å². The third kappa shape index (κ3) is 20.7. The average Bonchev–Trinajstić information content (AvgIpc) is 1.58. The van der Waals surface area contributed by atoms with Gasteiger partial charge in [0, 0.05) is 85.0 Å². The molecule has 0 saturated carbocycles. The molecule has 0 saturated heterocycles. The Balaban J connectivity index is 0.000000198. The summed E-state index contributed by atoms with van der Waals surface area (Å²) < 4.78 is 20.4. The van der Waals surface area contributed by atoms with Gasteiger partial charge in [0.05, 0.1) is 33.7 Å². The zero-order valence-corrected chi connectivity index (χ0v) is 67.7. The molecule has 3 aliphatic rings. The van der Waals surface area contributed by atoms with Gasteiger partial charge in [-0.3, -0.25) is 33.6 Å². The fourth-order valence-corrected chi connectivity index (χ4v) is 16.2. The van der Waals surface area contributed by atoms with Gasteiger partial charge in [-0.25, -0.2) is 14.4 Å². The minimum absolute atomic E-state index is 0.00140. The third-order valence-corrected chi connectivity index (χ3v) is 21.4. The van der Waals surface area contributed by atoms with E-state index in [-0.39, 0.29) is 96.6 Å². The molecule has 0 atom stereocenters. The van der Waals surface area contributed by atoms with E-state index in [9.17, 15) is 47.9 Å². The Hall–Kier alpha value is -11.9. The molecule has 0 unspecified atom stereocenters. The first-order valence-electron chi connectivity index (χ1n) is 39.6. The summed E-state index contributed by atoms with van der Waals surface area (Å²) in [5.41, 5.74) is 15.8. The van der Waals surface area contributed by atoms with Gasteiger partial charge in [0.15, 0.2) is 5.71 Å². The third-order valence-electron chi connectivity index (χ3n) is 21.4. The molecule has 0 N–H and O–H groups in total. The number of hydrogen-bond donors (Lipinski definition) is 0. The maximum absolute atomic E-state index is 13.9. The van der Waals surface area contributed by atoms with Crippen molar-refractivity contribution in [2.24, 2.45) is 15.5 Å². The van der Waals surface area contributed by atoms with E-state index >= 15 is 0 Å². The number of oxime groups is 3. The number of ether oxygens (including phenoxy) is 4. The van der Waals surface area contributed by atoms with Crippen LogP contribution in [0.1, 0.15) is 252 Å². The van der Waals surface area contributed by atoms with Crippen molar-refractivity contribution >= 4 is 76.3 Å². The number of hydrogen-bond acceptors (Lipinski definition) is 20. The molecule has 20 nitrogen and oxygen atoms in total. The van der Waals surface area contributed by atoms with Crippen LogP contribution in [0.2, 0.25) is 0 Å². The standard InChI is InChI=1S/C33H35NO5.C32H31NO7.C30H37NO5/c1-4-19-33(20-5-2)28-14-10-9-13-26(28)27-16-15-25(21-29(27)33)32(37)30(34-39-23(3)35)17-18-31(36)38-22-24-11-7-6-8-12-24;1-20-9-5-6-10-23(20)30(33-40-21(2)34)31(37)22-13-14-25-24-11-7-8-12-26(24)32(27(25)19-22,17-15-28(35)38-3)18-16-29(36)39-4;1-5-8-19-35-28(33)16-15-27(31-36-21(4)32)29(34)22-13-14-24-23-11-9-10-12-25(23)30(17-6-2,18-7-3)26(24)20-22/h6-16,21H,4-5,17-20,22H2,1-3H3;5-14,19H,15-18H2,1-4H3;9-14,20H,5-8,15-19H2,1-4H3/b34-30+;33-30+;31-27+. The van der Waals surface area contributed by atoms with Crippen LogP contribution in [0.3, 0.4) is 0 Å². The highest BCUT2D eigenvalue weighted by Gasteiger charge is 2.46. The molecular weight excluding hydrogens is 1460 g/mol. The Bertz CT molecular complexity index is 4960. The number of fused-ring (bicyclic) bond motifs is 9.